The first-order chi connectivity index (χ1) is 9.79. The molecule has 3 nitrogen and oxygen atoms in total. The zero-order chi connectivity index (χ0) is 15.6. The van der Waals surface area contributed by atoms with Gasteiger partial charge >= 0.3 is 0 Å². The van der Waals surface area contributed by atoms with Crippen LogP contribution in [0.2, 0.25) is 5.02 Å². The van der Waals surface area contributed by atoms with Gasteiger partial charge in [-0.05, 0) is 42.8 Å². The van der Waals surface area contributed by atoms with Crippen LogP contribution in [-0.2, 0) is 10.0 Å². The third-order valence-corrected chi connectivity index (χ3v) is 5.40. The molecular weight excluding hydrogens is 381 g/mol. The van der Waals surface area contributed by atoms with Crippen LogP contribution in [0.1, 0.15) is 18.5 Å². The van der Waals surface area contributed by atoms with Gasteiger partial charge in [0.1, 0.15) is 10.7 Å². The van der Waals surface area contributed by atoms with Crippen LogP contribution in [0.25, 0.3) is 0 Å². The molecule has 0 saturated carbocycles. The monoisotopic (exact) mass is 391 g/mol. The SMILES string of the molecule is CC(NS(=O)(=O)c1ccc(Br)cc1Cl)c1ccc(F)cc1. The average molecular weight is 393 g/mol. The lowest BCUT2D eigenvalue weighted by molar-refractivity contribution is 0.566. The Labute approximate surface area is 136 Å². The minimum atomic E-state index is -3.76. The Morgan fingerprint density at radius 3 is 2.38 bits per heavy atom. The van der Waals surface area contributed by atoms with Crippen LogP contribution in [0.4, 0.5) is 4.39 Å². The van der Waals surface area contributed by atoms with Crippen LogP contribution in [0.3, 0.4) is 0 Å². The predicted molar refractivity (Wildman–Crippen MR) is 84.3 cm³/mol. The first kappa shape index (κ1) is 16.4. The quantitative estimate of drug-likeness (QED) is 0.844. The predicted octanol–water partition coefficient (Wildman–Crippen LogP) is 4.28. The number of sulfonamides is 1. The van der Waals surface area contributed by atoms with Gasteiger partial charge in [0.2, 0.25) is 10.0 Å². The van der Waals surface area contributed by atoms with E-state index in [1.807, 2.05) is 0 Å². The van der Waals surface area contributed by atoms with Crippen molar-refractivity contribution in [3.8, 4) is 0 Å². The van der Waals surface area contributed by atoms with Gasteiger partial charge in [-0.15, -0.1) is 0 Å². The maximum Gasteiger partial charge on any atom is 0.242 e. The first-order valence-electron chi connectivity index (χ1n) is 6.02. The molecule has 0 aliphatic heterocycles. The Morgan fingerprint density at radius 1 is 1.19 bits per heavy atom. The molecule has 0 aliphatic carbocycles. The van der Waals surface area contributed by atoms with Gasteiger partial charge in [0.05, 0.1) is 5.02 Å². The molecule has 7 heteroatoms. The molecule has 1 unspecified atom stereocenters. The van der Waals surface area contributed by atoms with E-state index in [2.05, 4.69) is 20.7 Å². The van der Waals surface area contributed by atoms with Crippen molar-refractivity contribution in [2.75, 3.05) is 0 Å². The normalized spacial score (nSPS) is 13.1. The summed E-state index contributed by atoms with van der Waals surface area (Å²) in [4.78, 5) is 0.00123. The minimum absolute atomic E-state index is 0.00123. The smallest absolute Gasteiger partial charge is 0.207 e. The first-order valence-corrected chi connectivity index (χ1v) is 8.68. The van der Waals surface area contributed by atoms with Gasteiger partial charge in [0.25, 0.3) is 0 Å². The molecule has 0 fully saturated rings. The number of hydrogen-bond acceptors (Lipinski definition) is 2. The van der Waals surface area contributed by atoms with Crippen molar-refractivity contribution in [2.45, 2.75) is 17.9 Å². The molecule has 0 bridgehead atoms. The molecule has 1 N–H and O–H groups in total. The molecule has 2 aromatic carbocycles. The Bertz CT molecular complexity index is 750. The molecule has 1 atom stereocenters. The van der Waals surface area contributed by atoms with Crippen molar-refractivity contribution in [3.63, 3.8) is 0 Å². The summed E-state index contributed by atoms with van der Waals surface area (Å²) in [6.45, 7) is 1.68. The molecular formula is C14H12BrClFNO2S. The van der Waals surface area contributed by atoms with Gasteiger partial charge in [-0.3, -0.25) is 0 Å². The van der Waals surface area contributed by atoms with Crippen molar-refractivity contribution in [1.29, 1.82) is 0 Å². The molecule has 0 aromatic heterocycles. The van der Waals surface area contributed by atoms with Crippen LogP contribution >= 0.6 is 27.5 Å². The lowest BCUT2D eigenvalue weighted by Gasteiger charge is -2.15. The fraction of sp³-hybridized carbons (Fsp3) is 0.143. The van der Waals surface area contributed by atoms with Gasteiger partial charge in [-0.25, -0.2) is 17.5 Å². The van der Waals surface area contributed by atoms with Gasteiger partial charge in [-0.1, -0.05) is 39.7 Å². The number of benzene rings is 2. The molecule has 21 heavy (non-hydrogen) atoms. The fourth-order valence-electron chi connectivity index (χ4n) is 1.81. The Hall–Kier alpha value is -0.950. The Kier molecular flexibility index (Phi) is 5.03. The standard InChI is InChI=1S/C14H12BrClFNO2S/c1-9(10-2-5-12(17)6-3-10)18-21(19,20)14-7-4-11(15)8-13(14)16/h2-9,18H,1H3. The van der Waals surface area contributed by atoms with Crippen LogP contribution in [0, 0.1) is 5.82 Å². The third-order valence-electron chi connectivity index (χ3n) is 2.89. The van der Waals surface area contributed by atoms with Crippen molar-refractivity contribution >= 4 is 37.6 Å². The molecule has 2 rings (SSSR count). The number of hydrogen-bond donors (Lipinski definition) is 1. The Morgan fingerprint density at radius 2 is 1.81 bits per heavy atom. The van der Waals surface area contributed by atoms with Gasteiger partial charge < -0.3 is 0 Å². The lowest BCUT2D eigenvalue weighted by Crippen LogP contribution is -2.27. The van der Waals surface area contributed by atoms with Crippen molar-refractivity contribution in [3.05, 3.63) is 63.3 Å². The van der Waals surface area contributed by atoms with E-state index in [1.54, 1.807) is 13.0 Å². The lowest BCUT2D eigenvalue weighted by atomic mass is 10.1. The summed E-state index contributed by atoms with van der Waals surface area (Å²) in [6, 6.07) is 9.67. The van der Waals surface area contributed by atoms with E-state index in [0.717, 1.165) is 0 Å². The zero-order valence-corrected chi connectivity index (χ0v) is 14.1. The van der Waals surface area contributed by atoms with Crippen molar-refractivity contribution < 1.29 is 12.8 Å². The van der Waals surface area contributed by atoms with E-state index >= 15 is 0 Å². The van der Waals surface area contributed by atoms with Gasteiger partial charge in [-0.2, -0.15) is 0 Å². The maximum absolute atomic E-state index is 12.9. The number of nitrogens with one attached hydrogen (secondary N) is 1. The highest BCUT2D eigenvalue weighted by molar-refractivity contribution is 9.10. The van der Waals surface area contributed by atoms with E-state index in [1.165, 1.54) is 36.4 Å². The highest BCUT2D eigenvalue weighted by atomic mass is 79.9. The summed E-state index contributed by atoms with van der Waals surface area (Å²) in [7, 11) is -3.76. The highest BCUT2D eigenvalue weighted by Crippen LogP contribution is 2.26. The summed E-state index contributed by atoms with van der Waals surface area (Å²) in [6.07, 6.45) is 0. The van der Waals surface area contributed by atoms with E-state index < -0.39 is 16.1 Å². The number of rotatable bonds is 4. The van der Waals surface area contributed by atoms with Crippen LogP contribution < -0.4 is 4.72 Å². The summed E-state index contributed by atoms with van der Waals surface area (Å²) in [5.41, 5.74) is 0.660. The second-order valence-electron chi connectivity index (χ2n) is 4.47. The molecule has 0 amide bonds. The van der Waals surface area contributed by atoms with E-state index in [4.69, 9.17) is 11.6 Å². The average Bonchev–Trinajstić information content (AvgIpc) is 2.38. The molecule has 0 radical (unpaired) electrons. The summed E-state index contributed by atoms with van der Waals surface area (Å²) >= 11 is 9.19. The maximum atomic E-state index is 12.9. The molecule has 0 heterocycles. The van der Waals surface area contributed by atoms with Gasteiger partial charge in [0, 0.05) is 10.5 Å². The van der Waals surface area contributed by atoms with Crippen LogP contribution in [0.5, 0.6) is 0 Å². The molecule has 112 valence electrons. The summed E-state index contributed by atoms with van der Waals surface area (Å²) in [5, 5.41) is 0.128. The Balaban J connectivity index is 2.26. The fourth-order valence-corrected chi connectivity index (χ4v) is 4.08. The van der Waals surface area contributed by atoms with E-state index in [0.29, 0.717) is 10.0 Å². The third kappa shape index (κ3) is 4.03. The van der Waals surface area contributed by atoms with Crippen LogP contribution in [0.15, 0.2) is 51.8 Å². The van der Waals surface area contributed by atoms with Gasteiger partial charge in [0.15, 0.2) is 0 Å². The zero-order valence-electron chi connectivity index (χ0n) is 11.0. The summed E-state index contributed by atoms with van der Waals surface area (Å²) in [5.74, 6) is -0.371. The van der Waals surface area contributed by atoms with E-state index in [-0.39, 0.29) is 15.7 Å². The molecule has 0 aliphatic rings. The van der Waals surface area contributed by atoms with Crippen molar-refractivity contribution in [2.24, 2.45) is 0 Å². The minimum Gasteiger partial charge on any atom is -0.207 e. The largest absolute Gasteiger partial charge is 0.242 e. The highest BCUT2D eigenvalue weighted by Gasteiger charge is 2.21. The van der Waals surface area contributed by atoms with Crippen molar-refractivity contribution in [1.82, 2.24) is 4.72 Å². The second kappa shape index (κ2) is 6.44. The summed E-state index contributed by atoms with van der Waals surface area (Å²) < 4.78 is 40.8. The van der Waals surface area contributed by atoms with Crippen LogP contribution in [-0.4, -0.2) is 8.42 Å². The topological polar surface area (TPSA) is 46.2 Å². The molecule has 2 aromatic rings. The second-order valence-corrected chi connectivity index (χ2v) is 7.47. The molecule has 0 saturated heterocycles. The van der Waals surface area contributed by atoms with E-state index in [9.17, 15) is 12.8 Å². The number of halogens is 3. The molecule has 0 spiro atoms.